The number of nitrogens with one attached hydrogen (secondary N) is 1. The Labute approximate surface area is 199 Å². The van der Waals surface area contributed by atoms with Crippen LogP contribution < -0.4 is 5.32 Å². The van der Waals surface area contributed by atoms with E-state index in [-0.39, 0.29) is 23.1 Å². The van der Waals surface area contributed by atoms with Crippen molar-refractivity contribution in [1.82, 2.24) is 24.3 Å². The number of rotatable bonds is 5. The number of halogens is 2. The van der Waals surface area contributed by atoms with Crippen molar-refractivity contribution in [2.75, 3.05) is 18.4 Å². The van der Waals surface area contributed by atoms with E-state index in [9.17, 15) is 13.6 Å². The fraction of sp³-hybridized carbons (Fsp3) is 0.250. The normalized spacial score (nSPS) is 14.3. The van der Waals surface area contributed by atoms with Gasteiger partial charge in [0, 0.05) is 43.2 Å². The molecule has 4 heterocycles. The van der Waals surface area contributed by atoms with E-state index in [0.29, 0.717) is 49.0 Å². The first kappa shape index (κ1) is 22.5. The molecule has 3 aromatic heterocycles. The van der Waals surface area contributed by atoms with Crippen LogP contribution in [-0.2, 0) is 4.74 Å². The number of benzene rings is 1. The van der Waals surface area contributed by atoms with Crippen molar-refractivity contribution >= 4 is 17.9 Å². The summed E-state index contributed by atoms with van der Waals surface area (Å²) in [6, 6.07) is 5.05. The zero-order valence-corrected chi connectivity index (χ0v) is 18.9. The molecule has 0 saturated carbocycles. The van der Waals surface area contributed by atoms with Crippen LogP contribution in [0.15, 0.2) is 59.7 Å². The number of allylic oxidation sites excluding steroid dienone is 1. The summed E-state index contributed by atoms with van der Waals surface area (Å²) in [6.07, 6.45) is 5.67. The number of oxazole rings is 1. The molecule has 0 bridgehead atoms. The van der Waals surface area contributed by atoms with E-state index in [2.05, 4.69) is 26.8 Å². The number of amides is 1. The second-order valence-electron chi connectivity index (χ2n) is 8.23. The van der Waals surface area contributed by atoms with Gasteiger partial charge in [0.1, 0.15) is 29.3 Å². The van der Waals surface area contributed by atoms with Crippen LogP contribution in [0.1, 0.15) is 19.8 Å². The van der Waals surface area contributed by atoms with Crippen LogP contribution in [-0.4, -0.2) is 49.5 Å². The number of carbonyl (C=O) groups is 1. The molecule has 1 saturated heterocycles. The molecule has 1 aromatic carbocycles. The van der Waals surface area contributed by atoms with Crippen LogP contribution in [0.5, 0.6) is 0 Å². The molecular weight excluding hydrogens is 458 g/mol. The summed E-state index contributed by atoms with van der Waals surface area (Å²) < 4.78 is 40.2. The van der Waals surface area contributed by atoms with E-state index >= 15 is 0 Å². The standard InChI is InChI=1S/C24H22F2N6O3/c1-14(2)35-24(33)31-9-6-16(7-10-31)28-22-27-8-5-19(29-22)21-20(30-23-32(21)11-12-34-23)17-4-3-15(25)13-18(17)26/h3-5,8,11-13,16H,1,6-7,9-10H2,2H3,(H,27,28,29). The third-order valence-electron chi connectivity index (χ3n) is 5.69. The number of likely N-dealkylation sites (tertiary alicyclic amines) is 1. The second kappa shape index (κ2) is 9.16. The van der Waals surface area contributed by atoms with Gasteiger partial charge in [-0.05, 0) is 38.0 Å². The molecule has 0 radical (unpaired) electrons. The SMILES string of the molecule is C=C(C)OC(=O)N1CCC(Nc2nccc(-c3c(-c4ccc(F)cc4F)nc4occn34)n2)CC1. The quantitative estimate of drug-likeness (QED) is 0.407. The maximum atomic E-state index is 14.6. The van der Waals surface area contributed by atoms with Gasteiger partial charge in [-0.2, -0.15) is 4.98 Å². The predicted octanol–water partition coefficient (Wildman–Crippen LogP) is 4.88. The van der Waals surface area contributed by atoms with E-state index in [4.69, 9.17) is 9.15 Å². The maximum Gasteiger partial charge on any atom is 0.414 e. The largest absolute Gasteiger partial charge is 0.432 e. The van der Waals surface area contributed by atoms with Gasteiger partial charge in [-0.25, -0.2) is 23.5 Å². The fourth-order valence-corrected chi connectivity index (χ4v) is 4.06. The Bertz CT molecular complexity index is 1410. The highest BCUT2D eigenvalue weighted by atomic mass is 19.1. The first-order chi connectivity index (χ1) is 16.9. The molecule has 5 rings (SSSR count). The fourth-order valence-electron chi connectivity index (χ4n) is 4.06. The summed E-state index contributed by atoms with van der Waals surface area (Å²) in [5, 5.41) is 3.31. The van der Waals surface area contributed by atoms with Crippen LogP contribution in [0.25, 0.3) is 28.5 Å². The Morgan fingerprint density at radius 3 is 2.77 bits per heavy atom. The van der Waals surface area contributed by atoms with Crippen molar-refractivity contribution in [3.8, 4) is 22.6 Å². The predicted molar refractivity (Wildman–Crippen MR) is 123 cm³/mol. The Morgan fingerprint density at radius 2 is 2.03 bits per heavy atom. The lowest BCUT2D eigenvalue weighted by atomic mass is 10.1. The van der Waals surface area contributed by atoms with Crippen molar-refractivity contribution < 1.29 is 22.7 Å². The first-order valence-electron chi connectivity index (χ1n) is 11.0. The average molecular weight is 480 g/mol. The Balaban J connectivity index is 1.39. The molecule has 1 fully saturated rings. The smallest absolute Gasteiger partial charge is 0.414 e. The summed E-state index contributed by atoms with van der Waals surface area (Å²) >= 11 is 0. The monoisotopic (exact) mass is 480 g/mol. The number of carbonyl (C=O) groups excluding carboxylic acids is 1. The average Bonchev–Trinajstić information content (AvgIpc) is 3.40. The zero-order chi connectivity index (χ0) is 24.5. The van der Waals surface area contributed by atoms with E-state index in [0.717, 1.165) is 6.07 Å². The maximum absolute atomic E-state index is 14.6. The topological polar surface area (TPSA) is 97.8 Å². The van der Waals surface area contributed by atoms with Crippen molar-refractivity contribution in [2.45, 2.75) is 25.8 Å². The first-order valence-corrected chi connectivity index (χ1v) is 11.0. The second-order valence-corrected chi connectivity index (χ2v) is 8.23. The lowest BCUT2D eigenvalue weighted by Crippen LogP contribution is -2.42. The number of anilines is 1. The van der Waals surface area contributed by atoms with Gasteiger partial charge in [0.25, 0.3) is 0 Å². The molecular formula is C24H22F2N6O3. The molecule has 0 unspecified atom stereocenters. The van der Waals surface area contributed by atoms with Gasteiger partial charge in [-0.3, -0.25) is 4.40 Å². The number of piperidine rings is 1. The van der Waals surface area contributed by atoms with Crippen LogP contribution in [0.2, 0.25) is 0 Å². The molecule has 1 amide bonds. The number of ether oxygens (including phenoxy) is 1. The molecule has 0 aliphatic carbocycles. The molecule has 9 nitrogen and oxygen atoms in total. The minimum atomic E-state index is -0.739. The Hall–Kier alpha value is -4.28. The molecule has 1 aliphatic heterocycles. The minimum Gasteiger partial charge on any atom is -0.432 e. The highest BCUT2D eigenvalue weighted by molar-refractivity contribution is 5.80. The van der Waals surface area contributed by atoms with E-state index in [1.807, 2.05) is 0 Å². The molecule has 11 heteroatoms. The van der Waals surface area contributed by atoms with E-state index in [1.165, 1.54) is 18.4 Å². The van der Waals surface area contributed by atoms with Gasteiger partial charge in [-0.15, -0.1) is 0 Å². The zero-order valence-electron chi connectivity index (χ0n) is 18.9. The lowest BCUT2D eigenvalue weighted by molar-refractivity contribution is 0.119. The third kappa shape index (κ3) is 4.57. The van der Waals surface area contributed by atoms with Crippen LogP contribution in [0.4, 0.5) is 19.5 Å². The summed E-state index contributed by atoms with van der Waals surface area (Å²) in [5.74, 6) is -0.429. The van der Waals surface area contributed by atoms with E-state index in [1.54, 1.807) is 34.7 Å². The van der Waals surface area contributed by atoms with Crippen molar-refractivity contribution in [3.63, 3.8) is 0 Å². The molecule has 4 aromatic rings. The van der Waals surface area contributed by atoms with E-state index < -0.39 is 17.7 Å². The van der Waals surface area contributed by atoms with Gasteiger partial charge in [0.15, 0.2) is 0 Å². The number of nitrogens with zero attached hydrogens (tertiary/aromatic N) is 5. The summed E-state index contributed by atoms with van der Waals surface area (Å²) in [7, 11) is 0. The van der Waals surface area contributed by atoms with Gasteiger partial charge in [0.05, 0.1) is 11.5 Å². The Morgan fingerprint density at radius 1 is 1.23 bits per heavy atom. The summed E-state index contributed by atoms with van der Waals surface area (Å²) in [5.41, 5.74) is 1.37. The number of hydrogen-bond donors (Lipinski definition) is 1. The lowest BCUT2D eigenvalue weighted by Gasteiger charge is -2.31. The van der Waals surface area contributed by atoms with Crippen molar-refractivity contribution in [2.24, 2.45) is 0 Å². The molecule has 1 aliphatic rings. The number of hydrogen-bond acceptors (Lipinski definition) is 7. The van der Waals surface area contributed by atoms with Crippen LogP contribution in [0, 0.1) is 11.6 Å². The highest BCUT2D eigenvalue weighted by Crippen LogP contribution is 2.34. The number of imidazole rings is 1. The molecule has 0 spiro atoms. The molecule has 180 valence electrons. The van der Waals surface area contributed by atoms with Gasteiger partial charge in [0.2, 0.25) is 5.95 Å². The number of fused-ring (bicyclic) bond motifs is 1. The van der Waals surface area contributed by atoms with Crippen LogP contribution in [0.3, 0.4) is 0 Å². The van der Waals surface area contributed by atoms with Crippen molar-refractivity contribution in [1.29, 1.82) is 0 Å². The number of aromatic nitrogens is 4. The Kier molecular flexibility index (Phi) is 5.89. The van der Waals surface area contributed by atoms with Crippen molar-refractivity contribution in [3.05, 3.63) is 66.9 Å². The minimum absolute atomic E-state index is 0.0486. The van der Waals surface area contributed by atoms with Crippen LogP contribution >= 0.6 is 0 Å². The summed E-state index contributed by atoms with van der Waals surface area (Å²) in [6.45, 7) is 6.27. The molecule has 35 heavy (non-hydrogen) atoms. The van der Waals surface area contributed by atoms with Gasteiger partial charge < -0.3 is 19.4 Å². The van der Waals surface area contributed by atoms with Gasteiger partial charge >= 0.3 is 11.9 Å². The highest BCUT2D eigenvalue weighted by Gasteiger charge is 2.25. The summed E-state index contributed by atoms with van der Waals surface area (Å²) in [4.78, 5) is 27.0. The van der Waals surface area contributed by atoms with Gasteiger partial charge in [-0.1, -0.05) is 6.58 Å². The molecule has 1 N–H and O–H groups in total. The molecule has 0 atom stereocenters. The third-order valence-corrected chi connectivity index (χ3v) is 5.69.